The maximum absolute atomic E-state index is 13.1. The standard InChI is InChI=1S/C29H24N2O3/c30-28(33)27(32)26(19-20-8-2-1-3-9-20)31-29(34)25-13-7-6-11-23(25)17-15-21-14-16-22-10-4-5-12-24(22)18-21/h1-18,26H,19H2,(H2,30,33)(H,31,34)/t26-/m0/s1. The normalized spacial score (nSPS) is 11.9. The molecule has 0 unspecified atom stereocenters. The van der Waals surface area contributed by atoms with Crippen LogP contribution in [0.1, 0.15) is 27.0 Å². The topological polar surface area (TPSA) is 89.3 Å². The molecule has 0 bridgehead atoms. The number of nitrogens with one attached hydrogen (secondary N) is 1. The third-order valence-electron chi connectivity index (χ3n) is 5.58. The summed E-state index contributed by atoms with van der Waals surface area (Å²) >= 11 is 0. The Balaban J connectivity index is 1.57. The lowest BCUT2D eigenvalue weighted by atomic mass is 10.00. The van der Waals surface area contributed by atoms with E-state index in [0.29, 0.717) is 11.1 Å². The van der Waals surface area contributed by atoms with Crippen LogP contribution in [0.15, 0.2) is 97.1 Å². The molecule has 34 heavy (non-hydrogen) atoms. The minimum Gasteiger partial charge on any atom is -0.363 e. The summed E-state index contributed by atoms with van der Waals surface area (Å²) < 4.78 is 0. The SMILES string of the molecule is NC(=O)C(=O)[C@H](Cc1ccccc1)NC(=O)c1ccccc1C=Cc1ccc2ccccc2c1. The summed E-state index contributed by atoms with van der Waals surface area (Å²) in [5, 5.41) is 4.99. The van der Waals surface area contributed by atoms with Gasteiger partial charge in [-0.1, -0.05) is 97.1 Å². The van der Waals surface area contributed by atoms with Crippen LogP contribution in [-0.4, -0.2) is 23.6 Å². The van der Waals surface area contributed by atoms with Crippen molar-refractivity contribution >= 4 is 40.5 Å². The highest BCUT2D eigenvalue weighted by molar-refractivity contribution is 6.38. The van der Waals surface area contributed by atoms with E-state index in [1.807, 2.05) is 72.8 Å². The van der Waals surface area contributed by atoms with Gasteiger partial charge >= 0.3 is 0 Å². The fraction of sp³-hybridized carbons (Fsp3) is 0.0690. The van der Waals surface area contributed by atoms with Crippen molar-refractivity contribution in [2.24, 2.45) is 5.73 Å². The van der Waals surface area contributed by atoms with E-state index in [0.717, 1.165) is 21.9 Å². The number of Topliss-reactive ketones (excluding diaryl/α,β-unsaturated/α-hetero) is 1. The second-order valence-electron chi connectivity index (χ2n) is 7.97. The van der Waals surface area contributed by atoms with Crippen LogP contribution in [0.25, 0.3) is 22.9 Å². The molecule has 5 nitrogen and oxygen atoms in total. The Morgan fingerprint density at radius 2 is 1.44 bits per heavy atom. The van der Waals surface area contributed by atoms with Crippen molar-refractivity contribution in [3.8, 4) is 0 Å². The van der Waals surface area contributed by atoms with Gasteiger partial charge in [0, 0.05) is 12.0 Å². The van der Waals surface area contributed by atoms with Crippen LogP contribution in [0.2, 0.25) is 0 Å². The lowest BCUT2D eigenvalue weighted by Gasteiger charge is -2.17. The van der Waals surface area contributed by atoms with E-state index < -0.39 is 23.6 Å². The molecule has 0 fully saturated rings. The highest BCUT2D eigenvalue weighted by atomic mass is 16.2. The van der Waals surface area contributed by atoms with Crippen LogP contribution in [0.4, 0.5) is 0 Å². The number of amides is 2. The molecular formula is C29H24N2O3. The molecule has 4 aromatic rings. The first-order valence-corrected chi connectivity index (χ1v) is 11.0. The molecule has 0 radical (unpaired) electrons. The number of fused-ring (bicyclic) bond motifs is 1. The van der Waals surface area contributed by atoms with Crippen LogP contribution >= 0.6 is 0 Å². The Labute approximate surface area is 197 Å². The predicted molar refractivity (Wildman–Crippen MR) is 135 cm³/mol. The van der Waals surface area contributed by atoms with E-state index in [1.54, 1.807) is 12.1 Å². The Bertz CT molecular complexity index is 1380. The Morgan fingerprint density at radius 1 is 0.765 bits per heavy atom. The Kier molecular flexibility index (Phi) is 6.94. The molecule has 0 saturated heterocycles. The number of benzene rings is 4. The third kappa shape index (κ3) is 5.45. The zero-order chi connectivity index (χ0) is 23.9. The van der Waals surface area contributed by atoms with Crippen LogP contribution in [-0.2, 0) is 16.0 Å². The average Bonchev–Trinajstić information content (AvgIpc) is 2.87. The Morgan fingerprint density at radius 3 is 2.21 bits per heavy atom. The molecule has 4 rings (SSSR count). The molecule has 168 valence electrons. The fourth-order valence-electron chi connectivity index (χ4n) is 3.81. The van der Waals surface area contributed by atoms with Gasteiger partial charge in [-0.25, -0.2) is 0 Å². The number of hydrogen-bond donors (Lipinski definition) is 2. The van der Waals surface area contributed by atoms with E-state index in [9.17, 15) is 14.4 Å². The summed E-state index contributed by atoms with van der Waals surface area (Å²) in [6.07, 6.45) is 3.97. The first-order chi connectivity index (χ1) is 16.5. The van der Waals surface area contributed by atoms with E-state index in [2.05, 4.69) is 29.6 Å². The molecule has 0 aliphatic rings. The predicted octanol–water partition coefficient (Wildman–Crippen LogP) is 4.41. The van der Waals surface area contributed by atoms with Gasteiger partial charge in [0.1, 0.15) is 6.04 Å². The third-order valence-corrected chi connectivity index (χ3v) is 5.58. The summed E-state index contributed by atoms with van der Waals surface area (Å²) in [6.45, 7) is 0. The summed E-state index contributed by atoms with van der Waals surface area (Å²) in [4.78, 5) is 37.1. The van der Waals surface area contributed by atoms with Crippen molar-refractivity contribution in [2.75, 3.05) is 0 Å². The van der Waals surface area contributed by atoms with Crippen molar-refractivity contribution in [1.82, 2.24) is 5.32 Å². The number of primary amides is 1. The summed E-state index contributed by atoms with van der Waals surface area (Å²) in [5.74, 6) is -2.36. The number of rotatable bonds is 8. The lowest BCUT2D eigenvalue weighted by molar-refractivity contribution is -0.137. The molecule has 0 heterocycles. The molecule has 3 N–H and O–H groups in total. The molecule has 0 spiro atoms. The first kappa shape index (κ1) is 22.7. The van der Waals surface area contributed by atoms with Gasteiger partial charge in [-0.2, -0.15) is 0 Å². The molecule has 1 atom stereocenters. The zero-order valence-electron chi connectivity index (χ0n) is 18.5. The summed E-state index contributed by atoms with van der Waals surface area (Å²) in [5.41, 5.74) is 8.14. The molecule has 5 heteroatoms. The number of carbonyl (C=O) groups is 3. The quantitative estimate of drug-likeness (QED) is 0.309. The van der Waals surface area contributed by atoms with Gasteiger partial charge in [-0.15, -0.1) is 0 Å². The number of nitrogens with two attached hydrogens (primary N) is 1. The van der Waals surface area contributed by atoms with Crippen LogP contribution in [0.5, 0.6) is 0 Å². The molecule has 0 aliphatic heterocycles. The maximum atomic E-state index is 13.1. The van der Waals surface area contributed by atoms with Crippen molar-refractivity contribution in [1.29, 1.82) is 0 Å². The van der Waals surface area contributed by atoms with E-state index in [4.69, 9.17) is 5.73 Å². The summed E-state index contributed by atoms with van der Waals surface area (Å²) in [7, 11) is 0. The molecule has 0 aromatic heterocycles. The molecule has 2 amide bonds. The van der Waals surface area contributed by atoms with Crippen LogP contribution < -0.4 is 11.1 Å². The van der Waals surface area contributed by atoms with Crippen LogP contribution in [0.3, 0.4) is 0 Å². The van der Waals surface area contributed by atoms with Gasteiger partial charge in [-0.05, 0) is 39.6 Å². The second kappa shape index (κ2) is 10.4. The van der Waals surface area contributed by atoms with Gasteiger partial charge in [0.15, 0.2) is 0 Å². The average molecular weight is 449 g/mol. The van der Waals surface area contributed by atoms with Gasteiger partial charge < -0.3 is 11.1 Å². The molecule has 0 saturated carbocycles. The van der Waals surface area contributed by atoms with Crippen molar-refractivity contribution in [3.63, 3.8) is 0 Å². The number of ketones is 1. The van der Waals surface area contributed by atoms with E-state index in [-0.39, 0.29) is 6.42 Å². The van der Waals surface area contributed by atoms with Gasteiger partial charge in [0.2, 0.25) is 5.78 Å². The van der Waals surface area contributed by atoms with Gasteiger partial charge in [0.25, 0.3) is 11.8 Å². The maximum Gasteiger partial charge on any atom is 0.287 e. The van der Waals surface area contributed by atoms with E-state index >= 15 is 0 Å². The molecule has 4 aromatic carbocycles. The first-order valence-electron chi connectivity index (χ1n) is 11.0. The minimum absolute atomic E-state index is 0.170. The zero-order valence-corrected chi connectivity index (χ0v) is 18.5. The fourth-order valence-corrected chi connectivity index (χ4v) is 3.81. The van der Waals surface area contributed by atoms with Crippen molar-refractivity contribution in [3.05, 3.63) is 119 Å². The van der Waals surface area contributed by atoms with Gasteiger partial charge in [0.05, 0.1) is 0 Å². The highest BCUT2D eigenvalue weighted by Gasteiger charge is 2.26. The molecule has 0 aliphatic carbocycles. The minimum atomic E-state index is -1.08. The highest BCUT2D eigenvalue weighted by Crippen LogP contribution is 2.19. The Hall–Kier alpha value is -4.51. The van der Waals surface area contributed by atoms with E-state index in [1.165, 1.54) is 0 Å². The monoisotopic (exact) mass is 448 g/mol. The van der Waals surface area contributed by atoms with Crippen molar-refractivity contribution < 1.29 is 14.4 Å². The van der Waals surface area contributed by atoms with Crippen LogP contribution in [0, 0.1) is 0 Å². The van der Waals surface area contributed by atoms with Crippen molar-refractivity contribution in [2.45, 2.75) is 12.5 Å². The smallest absolute Gasteiger partial charge is 0.287 e. The largest absolute Gasteiger partial charge is 0.363 e. The lowest BCUT2D eigenvalue weighted by Crippen LogP contribution is -2.47. The second-order valence-corrected chi connectivity index (χ2v) is 7.97. The number of carbonyl (C=O) groups excluding carboxylic acids is 3. The van der Waals surface area contributed by atoms with Gasteiger partial charge in [-0.3, -0.25) is 14.4 Å². The summed E-state index contributed by atoms with van der Waals surface area (Å²) in [6, 6.07) is 29.5. The molecular weight excluding hydrogens is 424 g/mol. The number of hydrogen-bond acceptors (Lipinski definition) is 3.